The third-order valence-corrected chi connectivity index (χ3v) is 4.34. The lowest BCUT2D eigenvalue weighted by atomic mass is 9.92. The number of para-hydroxylation sites is 1. The molecule has 2 rings (SSSR count). The second-order valence-electron chi connectivity index (χ2n) is 6.87. The van der Waals surface area contributed by atoms with E-state index in [2.05, 4.69) is 51.2 Å². The molecule has 0 heterocycles. The Morgan fingerprint density at radius 3 is 2.12 bits per heavy atom. The summed E-state index contributed by atoms with van der Waals surface area (Å²) in [6.45, 7) is 11.0. The minimum Gasteiger partial charge on any atom is -0.493 e. The Hall–Kier alpha value is -2.49. The van der Waals surface area contributed by atoms with Crippen molar-refractivity contribution in [1.29, 1.82) is 0 Å². The number of rotatable bonds is 7. The largest absolute Gasteiger partial charge is 0.493 e. The first-order valence-corrected chi connectivity index (χ1v) is 9.14. The van der Waals surface area contributed by atoms with Crippen LogP contribution in [0, 0.1) is 0 Å². The molecule has 0 atom stereocenters. The minimum absolute atomic E-state index is 0.152. The van der Waals surface area contributed by atoms with Gasteiger partial charge in [0.25, 0.3) is 5.91 Å². The Balaban J connectivity index is 2.38. The molecule has 0 radical (unpaired) electrons. The number of carbonyl (C=O) groups excluding carboxylic acids is 1. The summed E-state index contributed by atoms with van der Waals surface area (Å²) in [5, 5.41) is 3.13. The van der Waals surface area contributed by atoms with Gasteiger partial charge in [-0.25, -0.2) is 0 Å². The van der Waals surface area contributed by atoms with Crippen molar-refractivity contribution in [2.45, 2.75) is 46.5 Å². The van der Waals surface area contributed by atoms with Crippen molar-refractivity contribution in [3.05, 3.63) is 53.1 Å². The highest BCUT2D eigenvalue weighted by Gasteiger charge is 2.18. The maximum atomic E-state index is 12.9. The standard InChI is InChI=1S/C22H29NO3/c1-7-26-19-12-11-16(13-20(19)25-6)22(24)23-21-17(14(2)3)9-8-10-18(21)15(4)5/h8-15H,7H2,1-6H3,(H,23,24). The quantitative estimate of drug-likeness (QED) is 0.704. The van der Waals surface area contributed by atoms with Crippen molar-refractivity contribution in [2.24, 2.45) is 0 Å². The predicted octanol–water partition coefficient (Wildman–Crippen LogP) is 5.59. The molecule has 0 aromatic heterocycles. The zero-order valence-corrected chi connectivity index (χ0v) is 16.6. The van der Waals surface area contributed by atoms with Crippen molar-refractivity contribution in [3.8, 4) is 11.5 Å². The number of hydrogen-bond donors (Lipinski definition) is 1. The highest BCUT2D eigenvalue weighted by Crippen LogP contribution is 2.33. The number of hydrogen-bond acceptors (Lipinski definition) is 3. The SMILES string of the molecule is CCOc1ccc(C(=O)Nc2c(C(C)C)cccc2C(C)C)cc1OC. The van der Waals surface area contributed by atoms with Crippen LogP contribution in [0.25, 0.3) is 0 Å². The van der Waals surface area contributed by atoms with Crippen LogP contribution in [0.15, 0.2) is 36.4 Å². The van der Waals surface area contributed by atoms with Crippen LogP contribution in [-0.4, -0.2) is 19.6 Å². The van der Waals surface area contributed by atoms with Gasteiger partial charge in [-0.3, -0.25) is 4.79 Å². The highest BCUT2D eigenvalue weighted by atomic mass is 16.5. The Morgan fingerprint density at radius 2 is 1.62 bits per heavy atom. The van der Waals surface area contributed by atoms with Gasteiger partial charge in [-0.15, -0.1) is 0 Å². The number of benzene rings is 2. The minimum atomic E-state index is -0.152. The number of carbonyl (C=O) groups is 1. The maximum absolute atomic E-state index is 12.9. The maximum Gasteiger partial charge on any atom is 0.255 e. The monoisotopic (exact) mass is 355 g/mol. The van der Waals surface area contributed by atoms with Gasteiger partial charge in [0.2, 0.25) is 0 Å². The number of nitrogens with one attached hydrogen (secondary N) is 1. The van der Waals surface area contributed by atoms with Crippen LogP contribution >= 0.6 is 0 Å². The predicted molar refractivity (Wildman–Crippen MR) is 107 cm³/mol. The molecule has 26 heavy (non-hydrogen) atoms. The molecule has 0 unspecified atom stereocenters. The molecular formula is C22H29NO3. The summed E-state index contributed by atoms with van der Waals surface area (Å²) in [5.41, 5.74) is 3.74. The molecule has 0 saturated heterocycles. The second-order valence-corrected chi connectivity index (χ2v) is 6.87. The summed E-state index contributed by atoms with van der Waals surface area (Å²) in [6.07, 6.45) is 0. The van der Waals surface area contributed by atoms with Crippen molar-refractivity contribution < 1.29 is 14.3 Å². The Labute approximate surface area is 156 Å². The summed E-state index contributed by atoms with van der Waals surface area (Å²) < 4.78 is 10.9. The van der Waals surface area contributed by atoms with E-state index in [1.54, 1.807) is 25.3 Å². The highest BCUT2D eigenvalue weighted by molar-refractivity contribution is 6.05. The van der Waals surface area contributed by atoms with Crippen molar-refractivity contribution in [3.63, 3.8) is 0 Å². The summed E-state index contributed by atoms with van der Waals surface area (Å²) in [6, 6.07) is 11.5. The van der Waals surface area contributed by atoms with Crippen molar-refractivity contribution in [2.75, 3.05) is 19.0 Å². The fourth-order valence-electron chi connectivity index (χ4n) is 2.96. The van der Waals surface area contributed by atoms with Crippen LogP contribution < -0.4 is 14.8 Å². The van der Waals surface area contributed by atoms with Gasteiger partial charge in [0.1, 0.15) is 0 Å². The molecule has 0 aliphatic heterocycles. The van der Waals surface area contributed by atoms with Crippen LogP contribution in [-0.2, 0) is 0 Å². The molecule has 1 N–H and O–H groups in total. The normalized spacial score (nSPS) is 10.9. The van der Waals surface area contributed by atoms with Crippen molar-refractivity contribution in [1.82, 2.24) is 0 Å². The van der Waals surface area contributed by atoms with E-state index in [-0.39, 0.29) is 5.91 Å². The van der Waals surface area contributed by atoms with Crippen molar-refractivity contribution >= 4 is 11.6 Å². The Morgan fingerprint density at radius 1 is 1.00 bits per heavy atom. The van der Waals surface area contributed by atoms with Gasteiger partial charge in [-0.2, -0.15) is 0 Å². The number of anilines is 1. The van der Waals surface area contributed by atoms with Crippen LogP contribution in [0.3, 0.4) is 0 Å². The fourth-order valence-corrected chi connectivity index (χ4v) is 2.96. The third kappa shape index (κ3) is 4.37. The lowest BCUT2D eigenvalue weighted by Crippen LogP contribution is -2.16. The first kappa shape index (κ1) is 19.8. The zero-order chi connectivity index (χ0) is 19.3. The first-order chi connectivity index (χ1) is 12.4. The van der Waals surface area contributed by atoms with Gasteiger partial charge >= 0.3 is 0 Å². The Bertz CT molecular complexity index is 740. The lowest BCUT2D eigenvalue weighted by molar-refractivity contribution is 0.102. The molecule has 2 aromatic rings. The topological polar surface area (TPSA) is 47.6 Å². The summed E-state index contributed by atoms with van der Waals surface area (Å²) in [7, 11) is 1.57. The molecule has 140 valence electrons. The molecule has 0 fully saturated rings. The average molecular weight is 355 g/mol. The van der Waals surface area contributed by atoms with Gasteiger partial charge in [0.05, 0.1) is 13.7 Å². The van der Waals surface area contributed by atoms with E-state index in [0.717, 1.165) is 16.8 Å². The van der Waals surface area contributed by atoms with Gasteiger partial charge in [0, 0.05) is 11.3 Å². The van der Waals surface area contributed by atoms with Gasteiger partial charge in [-0.05, 0) is 48.1 Å². The van der Waals surface area contributed by atoms with Crippen LogP contribution in [0.5, 0.6) is 11.5 Å². The van der Waals surface area contributed by atoms with Crippen LogP contribution in [0.2, 0.25) is 0 Å². The smallest absolute Gasteiger partial charge is 0.255 e. The van der Waals surface area contributed by atoms with Gasteiger partial charge in [0.15, 0.2) is 11.5 Å². The average Bonchev–Trinajstić information content (AvgIpc) is 2.61. The summed E-state index contributed by atoms with van der Waals surface area (Å²) in [5.74, 6) is 1.68. The van der Waals surface area contributed by atoms with Gasteiger partial charge in [-0.1, -0.05) is 45.9 Å². The third-order valence-electron chi connectivity index (χ3n) is 4.34. The molecule has 4 heteroatoms. The molecule has 0 bridgehead atoms. The van der Waals surface area contributed by atoms with E-state index in [9.17, 15) is 4.79 Å². The molecule has 1 amide bonds. The lowest BCUT2D eigenvalue weighted by Gasteiger charge is -2.20. The molecule has 0 aliphatic carbocycles. The number of methoxy groups -OCH3 is 1. The zero-order valence-electron chi connectivity index (χ0n) is 16.6. The fraction of sp³-hybridized carbons (Fsp3) is 0.409. The summed E-state index contributed by atoms with van der Waals surface area (Å²) in [4.78, 5) is 12.9. The van der Waals surface area contributed by atoms with E-state index in [0.29, 0.717) is 35.5 Å². The molecule has 0 aliphatic rings. The van der Waals surface area contributed by atoms with Gasteiger partial charge < -0.3 is 14.8 Å². The van der Waals surface area contributed by atoms with E-state index in [1.165, 1.54) is 0 Å². The first-order valence-electron chi connectivity index (χ1n) is 9.14. The number of ether oxygens (including phenoxy) is 2. The van der Waals surface area contributed by atoms with E-state index >= 15 is 0 Å². The molecule has 0 spiro atoms. The molecule has 2 aromatic carbocycles. The number of amides is 1. The molecule has 0 saturated carbocycles. The van der Waals surface area contributed by atoms with E-state index < -0.39 is 0 Å². The second kappa shape index (κ2) is 8.75. The molecule has 4 nitrogen and oxygen atoms in total. The van der Waals surface area contributed by atoms with E-state index in [4.69, 9.17) is 9.47 Å². The Kier molecular flexibility index (Phi) is 6.67. The van der Waals surface area contributed by atoms with Crippen LogP contribution in [0.4, 0.5) is 5.69 Å². The van der Waals surface area contributed by atoms with E-state index in [1.807, 2.05) is 6.92 Å². The summed E-state index contributed by atoms with van der Waals surface area (Å²) >= 11 is 0. The van der Waals surface area contributed by atoms with Crippen LogP contribution in [0.1, 0.15) is 67.9 Å². The molecular weight excluding hydrogens is 326 g/mol.